The van der Waals surface area contributed by atoms with E-state index in [0.717, 1.165) is 58.3 Å². The first-order valence-corrected chi connectivity index (χ1v) is 9.04. The van der Waals surface area contributed by atoms with E-state index < -0.39 is 0 Å². The highest BCUT2D eigenvalue weighted by Crippen LogP contribution is 2.15. The number of halogens is 1. The second-order valence-corrected chi connectivity index (χ2v) is 6.61. The van der Waals surface area contributed by atoms with E-state index in [9.17, 15) is 0 Å². The third-order valence-electron chi connectivity index (χ3n) is 4.11. The molecule has 1 N–H and O–H groups in total. The number of nitrogens with one attached hydrogen (secondary N) is 1. The summed E-state index contributed by atoms with van der Waals surface area (Å²) in [7, 11) is 1.86. The van der Waals surface area contributed by atoms with Crippen molar-refractivity contribution in [2.24, 2.45) is 10.9 Å². The Kier molecular flexibility index (Phi) is 10.9. The fourth-order valence-corrected chi connectivity index (χ4v) is 2.84. The predicted molar refractivity (Wildman–Crippen MR) is 117 cm³/mol. The molecule has 0 saturated carbocycles. The normalized spacial score (nSPS) is 15.3. The van der Waals surface area contributed by atoms with Crippen molar-refractivity contribution in [3.05, 3.63) is 30.3 Å². The Morgan fingerprint density at radius 2 is 1.84 bits per heavy atom. The van der Waals surface area contributed by atoms with Gasteiger partial charge in [-0.2, -0.15) is 0 Å². The summed E-state index contributed by atoms with van der Waals surface area (Å²) in [4.78, 5) is 9.20. The molecule has 0 aliphatic carbocycles. The Balaban J connectivity index is 0.00000312. The van der Waals surface area contributed by atoms with Crippen LogP contribution in [0.1, 0.15) is 20.3 Å². The summed E-state index contributed by atoms with van der Waals surface area (Å²) < 4.78 is 5.62. The molecule has 1 aliphatic rings. The molecule has 142 valence electrons. The molecule has 1 saturated heterocycles. The minimum absolute atomic E-state index is 0. The van der Waals surface area contributed by atoms with Crippen LogP contribution in [0.2, 0.25) is 0 Å². The quantitative estimate of drug-likeness (QED) is 0.294. The number of nitrogens with zero attached hydrogens (tertiary/aromatic N) is 3. The van der Waals surface area contributed by atoms with Crippen molar-refractivity contribution >= 4 is 35.6 Å². The average molecular weight is 460 g/mol. The van der Waals surface area contributed by atoms with Gasteiger partial charge in [-0.05, 0) is 24.5 Å². The van der Waals surface area contributed by atoms with Crippen LogP contribution in [0.5, 0.6) is 0 Å². The molecule has 1 aromatic carbocycles. The first kappa shape index (κ1) is 22.0. The fourth-order valence-electron chi connectivity index (χ4n) is 2.84. The van der Waals surface area contributed by atoms with Gasteiger partial charge in [0.2, 0.25) is 0 Å². The molecule has 25 heavy (non-hydrogen) atoms. The van der Waals surface area contributed by atoms with Crippen molar-refractivity contribution in [1.29, 1.82) is 0 Å². The molecule has 0 atom stereocenters. The first-order chi connectivity index (χ1) is 11.7. The smallest absolute Gasteiger partial charge is 0.193 e. The summed E-state index contributed by atoms with van der Waals surface area (Å²) in [5.74, 6) is 1.61. The van der Waals surface area contributed by atoms with Crippen molar-refractivity contribution in [1.82, 2.24) is 10.2 Å². The highest BCUT2D eigenvalue weighted by molar-refractivity contribution is 14.0. The van der Waals surface area contributed by atoms with Crippen LogP contribution in [0.3, 0.4) is 0 Å². The van der Waals surface area contributed by atoms with Crippen molar-refractivity contribution in [3.63, 3.8) is 0 Å². The zero-order valence-electron chi connectivity index (χ0n) is 15.8. The first-order valence-electron chi connectivity index (χ1n) is 9.04. The predicted octanol–water partition coefficient (Wildman–Crippen LogP) is 3.06. The third kappa shape index (κ3) is 7.81. The van der Waals surface area contributed by atoms with Crippen molar-refractivity contribution in [2.75, 3.05) is 57.9 Å². The molecule has 0 amide bonds. The lowest BCUT2D eigenvalue weighted by atomic mass is 10.2. The number of guanidine groups is 1. The molecular formula is C19H33IN4O. The molecule has 0 bridgehead atoms. The van der Waals surface area contributed by atoms with Gasteiger partial charge in [0.1, 0.15) is 0 Å². The largest absolute Gasteiger partial charge is 0.381 e. The lowest BCUT2D eigenvalue weighted by Gasteiger charge is -2.37. The summed E-state index contributed by atoms with van der Waals surface area (Å²) in [6.07, 6.45) is 1.01. The van der Waals surface area contributed by atoms with Crippen LogP contribution in [0.25, 0.3) is 0 Å². The summed E-state index contributed by atoms with van der Waals surface area (Å²) in [6.45, 7) is 11.0. The van der Waals surface area contributed by atoms with Gasteiger partial charge in [-0.1, -0.05) is 32.0 Å². The molecule has 1 heterocycles. The molecule has 0 radical (unpaired) electrons. The maximum absolute atomic E-state index is 5.62. The van der Waals surface area contributed by atoms with E-state index in [4.69, 9.17) is 4.74 Å². The Morgan fingerprint density at radius 3 is 2.44 bits per heavy atom. The van der Waals surface area contributed by atoms with E-state index in [2.05, 4.69) is 64.3 Å². The average Bonchev–Trinajstić information content (AvgIpc) is 2.62. The molecule has 1 aliphatic heterocycles. The highest BCUT2D eigenvalue weighted by Gasteiger charge is 2.19. The van der Waals surface area contributed by atoms with Gasteiger partial charge < -0.3 is 19.9 Å². The van der Waals surface area contributed by atoms with Crippen LogP contribution in [0.15, 0.2) is 35.3 Å². The van der Waals surface area contributed by atoms with Gasteiger partial charge in [-0.15, -0.1) is 24.0 Å². The van der Waals surface area contributed by atoms with Crippen LogP contribution >= 0.6 is 24.0 Å². The number of benzene rings is 1. The van der Waals surface area contributed by atoms with Gasteiger partial charge >= 0.3 is 0 Å². The number of para-hydroxylation sites is 1. The van der Waals surface area contributed by atoms with Crippen LogP contribution in [-0.2, 0) is 4.74 Å². The van der Waals surface area contributed by atoms with Gasteiger partial charge in [-0.3, -0.25) is 4.99 Å². The van der Waals surface area contributed by atoms with Gasteiger partial charge in [-0.25, -0.2) is 0 Å². The van der Waals surface area contributed by atoms with Gasteiger partial charge in [0.05, 0.1) is 0 Å². The molecule has 1 fully saturated rings. The summed E-state index contributed by atoms with van der Waals surface area (Å²) >= 11 is 0. The van der Waals surface area contributed by atoms with E-state index in [0.29, 0.717) is 5.92 Å². The van der Waals surface area contributed by atoms with Gasteiger partial charge in [0.15, 0.2) is 5.96 Å². The van der Waals surface area contributed by atoms with E-state index >= 15 is 0 Å². The standard InChI is InChI=1S/C19H32N4O.HI/c1-17(2)16-24-15-7-10-21-19(20-3)23-13-11-22(12-14-23)18-8-5-4-6-9-18;/h4-6,8-9,17H,7,10-16H2,1-3H3,(H,20,21);1H. The SMILES string of the molecule is CN=C(NCCCOCC(C)C)N1CCN(c2ccccc2)CC1.I. The molecular weight excluding hydrogens is 427 g/mol. The highest BCUT2D eigenvalue weighted by atomic mass is 127. The lowest BCUT2D eigenvalue weighted by molar-refractivity contribution is 0.108. The van der Waals surface area contributed by atoms with E-state index in [1.807, 2.05) is 7.05 Å². The lowest BCUT2D eigenvalue weighted by Crippen LogP contribution is -2.52. The Morgan fingerprint density at radius 1 is 1.16 bits per heavy atom. The molecule has 6 heteroatoms. The number of aliphatic imine (C=N–C) groups is 1. The van der Waals surface area contributed by atoms with E-state index in [1.165, 1.54) is 5.69 Å². The zero-order valence-corrected chi connectivity index (χ0v) is 18.1. The minimum atomic E-state index is 0. The number of rotatable bonds is 7. The number of hydrogen-bond acceptors (Lipinski definition) is 3. The zero-order chi connectivity index (χ0) is 17.2. The Bertz CT molecular complexity index is 487. The molecule has 1 aromatic rings. The van der Waals surface area contributed by atoms with E-state index in [1.54, 1.807) is 0 Å². The number of hydrogen-bond donors (Lipinski definition) is 1. The van der Waals surface area contributed by atoms with Gasteiger partial charge in [0, 0.05) is 58.7 Å². The summed E-state index contributed by atoms with van der Waals surface area (Å²) in [5.41, 5.74) is 1.31. The molecule has 2 rings (SSSR count). The number of piperazine rings is 1. The molecule has 0 spiro atoms. The monoisotopic (exact) mass is 460 g/mol. The van der Waals surface area contributed by atoms with Crippen LogP contribution in [0.4, 0.5) is 5.69 Å². The fraction of sp³-hybridized carbons (Fsp3) is 0.632. The topological polar surface area (TPSA) is 40.1 Å². The summed E-state index contributed by atoms with van der Waals surface area (Å²) in [6, 6.07) is 10.6. The molecule has 0 unspecified atom stereocenters. The van der Waals surface area contributed by atoms with Crippen molar-refractivity contribution < 1.29 is 4.74 Å². The maximum Gasteiger partial charge on any atom is 0.193 e. The van der Waals surface area contributed by atoms with Crippen LogP contribution < -0.4 is 10.2 Å². The van der Waals surface area contributed by atoms with Crippen molar-refractivity contribution in [2.45, 2.75) is 20.3 Å². The van der Waals surface area contributed by atoms with Crippen LogP contribution in [0, 0.1) is 5.92 Å². The Labute approximate surface area is 169 Å². The molecule has 0 aromatic heterocycles. The third-order valence-corrected chi connectivity index (χ3v) is 4.11. The van der Waals surface area contributed by atoms with Gasteiger partial charge in [0.25, 0.3) is 0 Å². The Hall–Kier alpha value is -1.02. The molecule has 5 nitrogen and oxygen atoms in total. The summed E-state index contributed by atoms with van der Waals surface area (Å²) in [5, 5.41) is 3.46. The second-order valence-electron chi connectivity index (χ2n) is 6.61. The van der Waals surface area contributed by atoms with E-state index in [-0.39, 0.29) is 24.0 Å². The number of ether oxygens (including phenoxy) is 1. The van der Waals surface area contributed by atoms with Crippen molar-refractivity contribution in [3.8, 4) is 0 Å². The minimum Gasteiger partial charge on any atom is -0.381 e. The van der Waals surface area contributed by atoms with Crippen LogP contribution in [-0.4, -0.2) is 63.8 Å². The second kappa shape index (κ2) is 12.4. The number of anilines is 1. The maximum atomic E-state index is 5.62.